The summed E-state index contributed by atoms with van der Waals surface area (Å²) in [6.45, 7) is 6.91. The molecular weight excluding hydrogens is 262 g/mol. The quantitative estimate of drug-likeness (QED) is 0.876. The van der Waals surface area contributed by atoms with Gasteiger partial charge in [0.25, 0.3) is 0 Å². The fraction of sp³-hybridized carbons (Fsp3) is 0.412. The van der Waals surface area contributed by atoms with E-state index in [9.17, 15) is 0 Å². The van der Waals surface area contributed by atoms with Gasteiger partial charge < -0.3 is 10.1 Å². The molecule has 0 aliphatic heterocycles. The number of nitrogens with zero attached hydrogens (tertiary/aromatic N) is 2. The monoisotopic (exact) mass is 285 g/mol. The summed E-state index contributed by atoms with van der Waals surface area (Å²) in [5.74, 6) is 2.60. The Hall–Kier alpha value is -2.10. The minimum atomic E-state index is 0.709. The van der Waals surface area contributed by atoms with Crippen LogP contribution in [0.5, 0.6) is 5.75 Å². The Balaban J connectivity index is 2.55. The molecule has 0 bridgehead atoms. The Morgan fingerprint density at radius 1 is 1.14 bits per heavy atom. The van der Waals surface area contributed by atoms with Crippen LogP contribution in [0.1, 0.15) is 31.7 Å². The molecule has 0 atom stereocenters. The van der Waals surface area contributed by atoms with Crippen LogP contribution in [0.4, 0.5) is 5.82 Å². The van der Waals surface area contributed by atoms with Crippen molar-refractivity contribution < 1.29 is 4.74 Å². The second kappa shape index (κ2) is 7.07. The number of hydrogen-bond acceptors (Lipinski definition) is 4. The van der Waals surface area contributed by atoms with E-state index in [1.54, 1.807) is 0 Å². The normalized spacial score (nSPS) is 10.5. The van der Waals surface area contributed by atoms with E-state index in [1.807, 2.05) is 32.2 Å². The number of rotatable bonds is 6. The molecule has 0 saturated heterocycles. The molecule has 0 amide bonds. The highest BCUT2D eigenvalue weighted by Gasteiger charge is 2.14. The smallest absolute Gasteiger partial charge is 0.133 e. The molecule has 0 aliphatic rings. The molecule has 0 radical (unpaired) electrons. The summed E-state index contributed by atoms with van der Waals surface area (Å²) in [4.78, 5) is 9.23. The number of hydrogen-bond donors (Lipinski definition) is 1. The van der Waals surface area contributed by atoms with Gasteiger partial charge in [-0.1, -0.05) is 26.0 Å². The van der Waals surface area contributed by atoms with Crippen molar-refractivity contribution in [1.29, 1.82) is 0 Å². The molecule has 0 aliphatic carbocycles. The first-order valence-electron chi connectivity index (χ1n) is 7.48. The summed E-state index contributed by atoms with van der Waals surface area (Å²) in [5, 5.41) is 3.15. The minimum Gasteiger partial charge on any atom is -0.493 e. The SMILES string of the molecule is CCCOc1ccccc1-c1nc(CC)nc(NC)c1C. The fourth-order valence-electron chi connectivity index (χ4n) is 2.23. The maximum absolute atomic E-state index is 5.86. The highest BCUT2D eigenvalue weighted by molar-refractivity contribution is 5.73. The zero-order valence-electron chi connectivity index (χ0n) is 13.2. The van der Waals surface area contributed by atoms with Crippen molar-refractivity contribution in [2.45, 2.75) is 33.6 Å². The third-order valence-electron chi connectivity index (χ3n) is 3.35. The molecule has 4 nitrogen and oxygen atoms in total. The summed E-state index contributed by atoms with van der Waals surface area (Å²) in [5.41, 5.74) is 3.01. The molecule has 112 valence electrons. The first-order chi connectivity index (χ1) is 10.2. The van der Waals surface area contributed by atoms with Crippen molar-refractivity contribution in [3.05, 3.63) is 35.7 Å². The fourth-order valence-corrected chi connectivity index (χ4v) is 2.23. The van der Waals surface area contributed by atoms with E-state index in [2.05, 4.69) is 30.2 Å². The molecule has 1 N–H and O–H groups in total. The van der Waals surface area contributed by atoms with Crippen LogP contribution in [0.3, 0.4) is 0 Å². The largest absolute Gasteiger partial charge is 0.493 e. The van der Waals surface area contributed by atoms with Crippen LogP contribution in [0.25, 0.3) is 11.3 Å². The van der Waals surface area contributed by atoms with E-state index in [0.717, 1.165) is 47.1 Å². The van der Waals surface area contributed by atoms with Crippen LogP contribution in [0, 0.1) is 6.92 Å². The highest BCUT2D eigenvalue weighted by Crippen LogP contribution is 2.33. The molecule has 0 spiro atoms. The lowest BCUT2D eigenvalue weighted by Gasteiger charge is -2.15. The van der Waals surface area contributed by atoms with Crippen LogP contribution in [-0.2, 0) is 6.42 Å². The average Bonchev–Trinajstić information content (AvgIpc) is 2.53. The molecule has 0 saturated carbocycles. The lowest BCUT2D eigenvalue weighted by atomic mass is 10.1. The van der Waals surface area contributed by atoms with Crippen LogP contribution in [-0.4, -0.2) is 23.6 Å². The third kappa shape index (κ3) is 3.32. The molecule has 2 rings (SSSR count). The maximum atomic E-state index is 5.86. The summed E-state index contributed by atoms with van der Waals surface area (Å²) in [6, 6.07) is 8.06. The standard InChI is InChI=1S/C17H23N3O/c1-5-11-21-14-10-8-7-9-13(14)16-12(3)17(18-4)20-15(6-2)19-16/h7-10H,5-6,11H2,1-4H3,(H,18,19,20). The molecule has 1 heterocycles. The molecule has 1 aromatic carbocycles. The number of anilines is 1. The van der Waals surface area contributed by atoms with Gasteiger partial charge in [0.2, 0.25) is 0 Å². The summed E-state index contributed by atoms with van der Waals surface area (Å²) < 4.78 is 5.86. The van der Waals surface area contributed by atoms with Crippen molar-refractivity contribution >= 4 is 5.82 Å². The first kappa shape index (κ1) is 15.3. The van der Waals surface area contributed by atoms with Gasteiger partial charge in [-0.2, -0.15) is 0 Å². The molecular formula is C17H23N3O. The molecule has 21 heavy (non-hydrogen) atoms. The van der Waals surface area contributed by atoms with Gasteiger partial charge in [0.1, 0.15) is 17.4 Å². The zero-order valence-corrected chi connectivity index (χ0v) is 13.2. The van der Waals surface area contributed by atoms with Crippen LogP contribution >= 0.6 is 0 Å². The topological polar surface area (TPSA) is 47.0 Å². The highest BCUT2D eigenvalue weighted by atomic mass is 16.5. The Labute approximate surface area is 126 Å². The molecule has 0 unspecified atom stereocenters. The van der Waals surface area contributed by atoms with Crippen molar-refractivity contribution in [3.8, 4) is 17.0 Å². The molecule has 1 aromatic heterocycles. The number of nitrogens with one attached hydrogen (secondary N) is 1. The van der Waals surface area contributed by atoms with E-state index in [-0.39, 0.29) is 0 Å². The zero-order chi connectivity index (χ0) is 15.2. The second-order valence-corrected chi connectivity index (χ2v) is 4.91. The van der Waals surface area contributed by atoms with Gasteiger partial charge in [-0.15, -0.1) is 0 Å². The average molecular weight is 285 g/mol. The molecule has 4 heteroatoms. The van der Waals surface area contributed by atoms with Gasteiger partial charge in [0, 0.05) is 24.6 Å². The summed E-state index contributed by atoms with van der Waals surface area (Å²) in [7, 11) is 1.89. The predicted molar refractivity (Wildman–Crippen MR) is 86.9 cm³/mol. The predicted octanol–water partition coefficient (Wildman–Crippen LogP) is 3.84. The summed E-state index contributed by atoms with van der Waals surface area (Å²) in [6.07, 6.45) is 1.79. The Kier molecular flexibility index (Phi) is 5.14. The van der Waals surface area contributed by atoms with E-state index in [0.29, 0.717) is 6.61 Å². The Morgan fingerprint density at radius 2 is 1.90 bits per heavy atom. The van der Waals surface area contributed by atoms with Crippen LogP contribution in [0.15, 0.2) is 24.3 Å². The van der Waals surface area contributed by atoms with Gasteiger partial charge in [-0.05, 0) is 25.5 Å². The van der Waals surface area contributed by atoms with Crippen molar-refractivity contribution in [3.63, 3.8) is 0 Å². The molecule has 2 aromatic rings. The van der Waals surface area contributed by atoms with Crippen molar-refractivity contribution in [2.24, 2.45) is 0 Å². The number of aryl methyl sites for hydroxylation is 1. The number of aromatic nitrogens is 2. The van der Waals surface area contributed by atoms with Crippen LogP contribution < -0.4 is 10.1 Å². The number of para-hydroxylation sites is 1. The van der Waals surface area contributed by atoms with Crippen molar-refractivity contribution in [1.82, 2.24) is 9.97 Å². The number of ether oxygens (including phenoxy) is 1. The Morgan fingerprint density at radius 3 is 2.57 bits per heavy atom. The van der Waals surface area contributed by atoms with E-state index in [4.69, 9.17) is 9.72 Å². The lowest BCUT2D eigenvalue weighted by molar-refractivity contribution is 0.318. The van der Waals surface area contributed by atoms with Gasteiger partial charge in [-0.25, -0.2) is 9.97 Å². The van der Waals surface area contributed by atoms with E-state index in [1.165, 1.54) is 0 Å². The van der Waals surface area contributed by atoms with Gasteiger partial charge in [0.05, 0.1) is 12.3 Å². The minimum absolute atomic E-state index is 0.709. The molecule has 0 fully saturated rings. The Bertz CT molecular complexity index is 611. The third-order valence-corrected chi connectivity index (χ3v) is 3.35. The number of benzene rings is 1. The second-order valence-electron chi connectivity index (χ2n) is 4.91. The van der Waals surface area contributed by atoms with Crippen LogP contribution in [0.2, 0.25) is 0 Å². The van der Waals surface area contributed by atoms with Crippen molar-refractivity contribution in [2.75, 3.05) is 19.0 Å². The lowest BCUT2D eigenvalue weighted by Crippen LogP contribution is -2.05. The van der Waals surface area contributed by atoms with Gasteiger partial charge in [-0.3, -0.25) is 0 Å². The van der Waals surface area contributed by atoms with E-state index >= 15 is 0 Å². The first-order valence-corrected chi connectivity index (χ1v) is 7.48. The van der Waals surface area contributed by atoms with E-state index < -0.39 is 0 Å². The summed E-state index contributed by atoms with van der Waals surface area (Å²) >= 11 is 0. The van der Waals surface area contributed by atoms with Gasteiger partial charge >= 0.3 is 0 Å². The van der Waals surface area contributed by atoms with Gasteiger partial charge in [0.15, 0.2) is 0 Å². The maximum Gasteiger partial charge on any atom is 0.133 e.